The van der Waals surface area contributed by atoms with E-state index in [1.165, 1.54) is 4.90 Å². The van der Waals surface area contributed by atoms with Crippen LogP contribution >= 0.6 is 0 Å². The van der Waals surface area contributed by atoms with Crippen LogP contribution in [0.3, 0.4) is 0 Å². The summed E-state index contributed by atoms with van der Waals surface area (Å²) in [5.41, 5.74) is 4.27. The van der Waals surface area contributed by atoms with Gasteiger partial charge in [-0.05, 0) is 39.0 Å². The maximum Gasteiger partial charge on any atom is 0.329 e. The van der Waals surface area contributed by atoms with Crippen LogP contribution in [0.2, 0.25) is 0 Å². The van der Waals surface area contributed by atoms with E-state index >= 15 is 0 Å². The topological polar surface area (TPSA) is 83.6 Å². The summed E-state index contributed by atoms with van der Waals surface area (Å²) < 4.78 is 0. The van der Waals surface area contributed by atoms with Gasteiger partial charge < -0.3 is 15.7 Å². The first-order chi connectivity index (χ1) is 8.40. The maximum absolute atomic E-state index is 12.6. The van der Waals surface area contributed by atoms with Crippen LogP contribution < -0.4 is 5.73 Å². The Bertz CT molecular complexity index is 363. The molecule has 5 heteroatoms. The SMILES string of the molecule is CC1(C(=O)O)CCCCN1C(=O)C1(N)CCCC1. The van der Waals surface area contributed by atoms with Gasteiger partial charge >= 0.3 is 5.97 Å². The average molecular weight is 254 g/mol. The smallest absolute Gasteiger partial charge is 0.329 e. The first-order valence-electron chi connectivity index (χ1n) is 6.74. The highest BCUT2D eigenvalue weighted by Crippen LogP contribution is 2.35. The number of amides is 1. The fourth-order valence-corrected chi connectivity index (χ4v) is 3.16. The van der Waals surface area contributed by atoms with Gasteiger partial charge in [-0.15, -0.1) is 0 Å². The van der Waals surface area contributed by atoms with E-state index in [9.17, 15) is 14.7 Å². The molecule has 0 bridgehead atoms. The quantitative estimate of drug-likeness (QED) is 0.773. The Balaban J connectivity index is 2.24. The maximum atomic E-state index is 12.6. The Kier molecular flexibility index (Phi) is 3.36. The van der Waals surface area contributed by atoms with Gasteiger partial charge in [0.15, 0.2) is 0 Å². The standard InChI is InChI=1S/C13H22N2O3/c1-12(11(17)18)6-4-5-9-15(12)10(16)13(14)7-2-3-8-13/h2-9,14H2,1H3,(H,17,18). The Morgan fingerprint density at radius 3 is 2.22 bits per heavy atom. The Labute approximate surface area is 107 Å². The molecule has 2 fully saturated rings. The third-order valence-electron chi connectivity index (χ3n) is 4.52. The fraction of sp³-hybridized carbons (Fsp3) is 0.846. The number of piperidine rings is 1. The van der Waals surface area contributed by atoms with E-state index in [-0.39, 0.29) is 5.91 Å². The molecule has 0 aromatic carbocycles. The summed E-state index contributed by atoms with van der Waals surface area (Å²) in [6.07, 6.45) is 5.51. The van der Waals surface area contributed by atoms with Crippen molar-refractivity contribution < 1.29 is 14.7 Å². The zero-order chi connectivity index (χ0) is 13.4. The number of nitrogens with zero attached hydrogens (tertiary/aromatic N) is 1. The van der Waals surface area contributed by atoms with Crippen LogP contribution in [0.5, 0.6) is 0 Å². The largest absolute Gasteiger partial charge is 0.480 e. The highest BCUT2D eigenvalue weighted by atomic mass is 16.4. The summed E-state index contributed by atoms with van der Waals surface area (Å²) in [4.78, 5) is 25.6. The number of hydrogen-bond donors (Lipinski definition) is 2. The van der Waals surface area contributed by atoms with Crippen LogP contribution in [0.25, 0.3) is 0 Å². The lowest BCUT2D eigenvalue weighted by molar-refractivity contribution is -0.163. The van der Waals surface area contributed by atoms with Gasteiger partial charge in [0.25, 0.3) is 0 Å². The molecule has 2 aliphatic rings. The van der Waals surface area contributed by atoms with Crippen LogP contribution in [0.15, 0.2) is 0 Å². The minimum atomic E-state index is -1.08. The molecule has 1 unspecified atom stereocenters. The first-order valence-corrected chi connectivity index (χ1v) is 6.74. The van der Waals surface area contributed by atoms with Gasteiger partial charge in [-0.2, -0.15) is 0 Å². The minimum absolute atomic E-state index is 0.162. The van der Waals surface area contributed by atoms with Crippen molar-refractivity contribution in [2.24, 2.45) is 5.73 Å². The van der Waals surface area contributed by atoms with Gasteiger partial charge in [0, 0.05) is 6.54 Å². The van der Waals surface area contributed by atoms with E-state index in [4.69, 9.17) is 5.73 Å². The normalized spacial score (nSPS) is 31.3. The number of carboxylic acids is 1. The van der Waals surface area contributed by atoms with E-state index < -0.39 is 17.0 Å². The minimum Gasteiger partial charge on any atom is -0.480 e. The van der Waals surface area contributed by atoms with Crippen molar-refractivity contribution >= 4 is 11.9 Å². The molecule has 1 aliphatic heterocycles. The van der Waals surface area contributed by atoms with Crippen LogP contribution in [-0.2, 0) is 9.59 Å². The Morgan fingerprint density at radius 2 is 1.67 bits per heavy atom. The second-order valence-corrected chi connectivity index (χ2v) is 5.86. The Hall–Kier alpha value is -1.10. The molecule has 0 radical (unpaired) electrons. The van der Waals surface area contributed by atoms with Crippen molar-refractivity contribution in [3.8, 4) is 0 Å². The van der Waals surface area contributed by atoms with Crippen molar-refractivity contribution in [1.82, 2.24) is 4.90 Å². The summed E-state index contributed by atoms with van der Waals surface area (Å²) in [5, 5.41) is 9.41. The molecular weight excluding hydrogens is 232 g/mol. The predicted molar refractivity (Wildman–Crippen MR) is 67.0 cm³/mol. The van der Waals surface area contributed by atoms with Gasteiger partial charge in [0.1, 0.15) is 5.54 Å². The molecule has 1 saturated carbocycles. The van der Waals surface area contributed by atoms with Gasteiger partial charge in [0.05, 0.1) is 5.54 Å². The number of hydrogen-bond acceptors (Lipinski definition) is 3. The monoisotopic (exact) mass is 254 g/mol. The van der Waals surface area contributed by atoms with E-state index in [1.807, 2.05) is 0 Å². The molecule has 3 N–H and O–H groups in total. The average Bonchev–Trinajstić information content (AvgIpc) is 2.77. The molecule has 1 heterocycles. The molecule has 0 aromatic rings. The van der Waals surface area contributed by atoms with E-state index in [1.54, 1.807) is 6.92 Å². The van der Waals surface area contributed by atoms with Crippen LogP contribution in [-0.4, -0.2) is 39.5 Å². The third-order valence-corrected chi connectivity index (χ3v) is 4.52. The number of likely N-dealkylation sites (tertiary alicyclic amines) is 1. The van der Waals surface area contributed by atoms with Gasteiger partial charge in [-0.25, -0.2) is 4.79 Å². The second kappa shape index (κ2) is 4.53. The lowest BCUT2D eigenvalue weighted by atomic mass is 9.85. The number of carboxylic acid groups (broad SMARTS) is 1. The highest BCUT2D eigenvalue weighted by molar-refractivity contribution is 5.92. The molecule has 2 rings (SSSR count). The molecule has 1 amide bonds. The summed E-state index contributed by atoms with van der Waals surface area (Å²) in [6, 6.07) is 0. The van der Waals surface area contributed by atoms with E-state index in [2.05, 4.69) is 0 Å². The second-order valence-electron chi connectivity index (χ2n) is 5.86. The molecule has 1 saturated heterocycles. The van der Waals surface area contributed by atoms with Gasteiger partial charge in [-0.1, -0.05) is 12.8 Å². The highest BCUT2D eigenvalue weighted by Gasteiger charge is 2.49. The van der Waals surface area contributed by atoms with Gasteiger partial charge in [0.2, 0.25) is 5.91 Å². The molecule has 1 atom stereocenters. The first kappa shape index (κ1) is 13.3. The molecule has 18 heavy (non-hydrogen) atoms. The predicted octanol–water partition coefficient (Wildman–Crippen LogP) is 1.11. The molecule has 0 aromatic heterocycles. The zero-order valence-electron chi connectivity index (χ0n) is 10.9. The molecular formula is C13H22N2O3. The van der Waals surface area contributed by atoms with E-state index in [0.717, 1.165) is 25.7 Å². The van der Waals surface area contributed by atoms with Gasteiger partial charge in [-0.3, -0.25) is 4.79 Å². The number of aliphatic carboxylic acids is 1. The fourth-order valence-electron chi connectivity index (χ4n) is 3.16. The molecule has 102 valence electrons. The third kappa shape index (κ3) is 2.00. The summed E-state index contributed by atoms with van der Waals surface area (Å²) >= 11 is 0. The van der Waals surface area contributed by atoms with Crippen LogP contribution in [0, 0.1) is 0 Å². The summed E-state index contributed by atoms with van der Waals surface area (Å²) in [5.74, 6) is -1.08. The number of rotatable bonds is 2. The van der Waals surface area contributed by atoms with Crippen LogP contribution in [0.1, 0.15) is 51.9 Å². The number of carbonyl (C=O) groups is 2. The molecule has 1 aliphatic carbocycles. The van der Waals surface area contributed by atoms with Crippen LogP contribution in [0.4, 0.5) is 0 Å². The number of carbonyl (C=O) groups excluding carboxylic acids is 1. The van der Waals surface area contributed by atoms with Crippen molar-refractivity contribution in [2.75, 3.05) is 6.54 Å². The Morgan fingerprint density at radius 1 is 1.11 bits per heavy atom. The van der Waals surface area contributed by atoms with E-state index in [0.29, 0.717) is 25.8 Å². The lowest BCUT2D eigenvalue weighted by Crippen LogP contribution is -2.64. The summed E-state index contributed by atoms with van der Waals surface area (Å²) in [6.45, 7) is 2.16. The summed E-state index contributed by atoms with van der Waals surface area (Å²) in [7, 11) is 0. The van der Waals surface area contributed by atoms with Crippen molar-refractivity contribution in [2.45, 2.75) is 62.9 Å². The zero-order valence-corrected chi connectivity index (χ0v) is 10.9. The molecule has 0 spiro atoms. The lowest BCUT2D eigenvalue weighted by Gasteiger charge is -2.44. The number of nitrogens with two attached hydrogens (primary N) is 1. The molecule has 5 nitrogen and oxygen atoms in total. The van der Waals surface area contributed by atoms with Crippen molar-refractivity contribution in [1.29, 1.82) is 0 Å². The van der Waals surface area contributed by atoms with Crippen molar-refractivity contribution in [3.63, 3.8) is 0 Å². The van der Waals surface area contributed by atoms with Crippen molar-refractivity contribution in [3.05, 3.63) is 0 Å².